The number of ether oxygens (including phenoxy) is 7. The molecule has 0 saturated heterocycles. The fourth-order valence-corrected chi connectivity index (χ4v) is 2.98. The molecule has 0 N–H and O–H groups in total. The summed E-state index contributed by atoms with van der Waals surface area (Å²) in [5.74, 6) is -2.17. The van der Waals surface area contributed by atoms with Crippen molar-refractivity contribution < 1.29 is 47.5 Å². The Kier molecular flexibility index (Phi) is 10.3. The van der Waals surface area contributed by atoms with Crippen molar-refractivity contribution in [1.29, 1.82) is 0 Å². The van der Waals surface area contributed by atoms with Crippen LogP contribution in [0.25, 0.3) is 10.4 Å². The summed E-state index contributed by atoms with van der Waals surface area (Å²) in [6.45, 7) is 2.91. The zero-order valence-electron chi connectivity index (χ0n) is 16.8. The number of carbonyl (C=O) groups is 3. The minimum absolute atomic E-state index is 0.247. The molecule has 1 saturated carbocycles. The topological polar surface area (TPSA) is 165 Å². The lowest BCUT2D eigenvalue weighted by atomic mass is 9.82. The van der Waals surface area contributed by atoms with E-state index in [1.165, 1.54) is 14.2 Å². The van der Waals surface area contributed by atoms with E-state index in [2.05, 4.69) is 10.0 Å². The van der Waals surface area contributed by atoms with Crippen LogP contribution in [0.1, 0.15) is 20.8 Å². The molecule has 0 aromatic heterocycles. The first-order valence-electron chi connectivity index (χ1n) is 8.53. The molecule has 164 valence electrons. The first-order chi connectivity index (χ1) is 13.8. The minimum Gasteiger partial charge on any atom is -0.459 e. The van der Waals surface area contributed by atoms with Crippen molar-refractivity contribution in [2.24, 2.45) is 5.11 Å². The molecule has 6 atom stereocenters. The van der Waals surface area contributed by atoms with Crippen molar-refractivity contribution in [3.8, 4) is 0 Å². The summed E-state index contributed by atoms with van der Waals surface area (Å²) < 4.78 is 36.9. The number of azide groups is 1. The maximum absolute atomic E-state index is 11.7. The molecular formula is C16H25N3O10. The van der Waals surface area contributed by atoms with Gasteiger partial charge in [0.25, 0.3) is 0 Å². The van der Waals surface area contributed by atoms with E-state index < -0.39 is 54.5 Å². The fraction of sp³-hybridized carbons (Fsp3) is 0.812. The van der Waals surface area contributed by atoms with Crippen molar-refractivity contribution >= 4 is 17.9 Å². The predicted octanol–water partition coefficient (Wildman–Crippen LogP) is 0.452. The average molecular weight is 419 g/mol. The molecule has 0 amide bonds. The fourth-order valence-electron chi connectivity index (χ4n) is 2.98. The van der Waals surface area contributed by atoms with Crippen molar-refractivity contribution in [2.45, 2.75) is 57.3 Å². The van der Waals surface area contributed by atoms with Gasteiger partial charge in [0.15, 0.2) is 12.2 Å². The van der Waals surface area contributed by atoms with Crippen LogP contribution >= 0.6 is 0 Å². The highest BCUT2D eigenvalue weighted by atomic mass is 16.7. The maximum Gasteiger partial charge on any atom is 0.303 e. The van der Waals surface area contributed by atoms with Crippen molar-refractivity contribution in [2.75, 3.05) is 27.8 Å². The van der Waals surface area contributed by atoms with Gasteiger partial charge >= 0.3 is 17.9 Å². The SMILES string of the molecule is COCO[C@@H]1[C@@H](OC(C)=O)[C@@H](OC(C)=O)[C@H](N=[N+]=[N-])[C@H](OC(C)=O)[C@H]1OCOC. The molecule has 0 radical (unpaired) electrons. The van der Waals surface area contributed by atoms with Crippen LogP contribution in [0.3, 0.4) is 0 Å². The van der Waals surface area contributed by atoms with Crippen LogP contribution in [-0.4, -0.2) is 82.3 Å². The van der Waals surface area contributed by atoms with Crippen LogP contribution in [0.2, 0.25) is 0 Å². The van der Waals surface area contributed by atoms with Crippen LogP contribution in [0.5, 0.6) is 0 Å². The normalized spacial score (nSPS) is 28.7. The van der Waals surface area contributed by atoms with E-state index in [1.807, 2.05) is 0 Å². The van der Waals surface area contributed by atoms with Gasteiger partial charge in [0.1, 0.15) is 37.9 Å². The Hall–Kier alpha value is -2.44. The molecule has 0 aromatic rings. The van der Waals surface area contributed by atoms with Crippen molar-refractivity contribution in [1.82, 2.24) is 0 Å². The van der Waals surface area contributed by atoms with Gasteiger partial charge in [-0.25, -0.2) is 0 Å². The average Bonchev–Trinajstić information content (AvgIpc) is 2.63. The van der Waals surface area contributed by atoms with Gasteiger partial charge in [0, 0.05) is 39.9 Å². The molecule has 0 bridgehead atoms. The Bertz CT molecular complexity index is 624. The monoisotopic (exact) mass is 419 g/mol. The molecular weight excluding hydrogens is 394 g/mol. The molecule has 1 aliphatic rings. The van der Waals surface area contributed by atoms with Crippen LogP contribution in [-0.2, 0) is 47.5 Å². The summed E-state index contributed by atoms with van der Waals surface area (Å²) in [7, 11) is 2.73. The van der Waals surface area contributed by atoms with Gasteiger partial charge in [-0.3, -0.25) is 14.4 Å². The lowest BCUT2D eigenvalue weighted by molar-refractivity contribution is -0.261. The molecule has 0 spiro atoms. The standard InChI is InChI=1S/C16H25N3O10/c1-8(20)27-12-11(18-19-17)13(28-9(2)21)16(29-10(3)22)15(26-7-24-5)14(12)25-6-23-4/h11-16H,6-7H2,1-5H3/t11-,12+,13+,14-,15+,16+/m1/s1. The molecule has 29 heavy (non-hydrogen) atoms. The molecule has 13 heteroatoms. The second-order valence-electron chi connectivity index (χ2n) is 5.99. The largest absolute Gasteiger partial charge is 0.459 e. The zero-order valence-corrected chi connectivity index (χ0v) is 16.8. The van der Waals surface area contributed by atoms with E-state index >= 15 is 0 Å². The van der Waals surface area contributed by atoms with Crippen molar-refractivity contribution in [3.05, 3.63) is 10.4 Å². The third-order valence-corrected chi connectivity index (χ3v) is 3.82. The smallest absolute Gasteiger partial charge is 0.303 e. The van der Waals surface area contributed by atoms with E-state index in [-0.39, 0.29) is 13.6 Å². The maximum atomic E-state index is 11.7. The Morgan fingerprint density at radius 3 is 1.52 bits per heavy atom. The molecule has 0 unspecified atom stereocenters. The summed E-state index contributed by atoms with van der Waals surface area (Å²) in [5.41, 5.74) is 9.01. The Morgan fingerprint density at radius 2 is 1.14 bits per heavy atom. The van der Waals surface area contributed by atoms with Gasteiger partial charge in [0.2, 0.25) is 0 Å². The summed E-state index contributed by atoms with van der Waals surface area (Å²) in [6.07, 6.45) is -6.04. The Morgan fingerprint density at radius 1 is 0.759 bits per heavy atom. The quantitative estimate of drug-likeness (QED) is 0.121. The van der Waals surface area contributed by atoms with E-state index in [1.54, 1.807) is 0 Å². The summed E-state index contributed by atoms with van der Waals surface area (Å²) in [4.78, 5) is 37.8. The Labute approximate surface area is 167 Å². The van der Waals surface area contributed by atoms with Crippen LogP contribution in [0.15, 0.2) is 5.11 Å². The number of carbonyl (C=O) groups excluding carboxylic acids is 3. The molecule has 1 aliphatic carbocycles. The van der Waals surface area contributed by atoms with Gasteiger partial charge in [-0.05, 0) is 5.53 Å². The predicted molar refractivity (Wildman–Crippen MR) is 93.1 cm³/mol. The lowest BCUT2D eigenvalue weighted by Crippen LogP contribution is -2.67. The summed E-state index contributed by atoms with van der Waals surface area (Å²) in [6, 6.07) is -1.28. The highest BCUT2D eigenvalue weighted by molar-refractivity contribution is 5.68. The van der Waals surface area contributed by atoms with E-state index in [4.69, 9.17) is 38.7 Å². The van der Waals surface area contributed by atoms with Gasteiger partial charge in [-0.2, -0.15) is 0 Å². The summed E-state index contributed by atoms with van der Waals surface area (Å²) in [5, 5.41) is 3.61. The van der Waals surface area contributed by atoms with E-state index in [9.17, 15) is 14.4 Å². The first kappa shape index (κ1) is 24.6. The summed E-state index contributed by atoms with van der Waals surface area (Å²) >= 11 is 0. The number of nitrogens with zero attached hydrogens (tertiary/aromatic N) is 3. The molecule has 0 heterocycles. The molecule has 13 nitrogen and oxygen atoms in total. The third-order valence-electron chi connectivity index (χ3n) is 3.82. The second kappa shape index (κ2) is 12.2. The molecule has 1 rings (SSSR count). The number of esters is 3. The number of methoxy groups -OCH3 is 2. The van der Waals surface area contributed by atoms with Gasteiger partial charge in [-0.1, -0.05) is 5.11 Å². The van der Waals surface area contributed by atoms with E-state index in [0.717, 1.165) is 20.8 Å². The first-order valence-corrected chi connectivity index (χ1v) is 8.53. The van der Waals surface area contributed by atoms with Gasteiger partial charge < -0.3 is 33.2 Å². The molecule has 1 fully saturated rings. The van der Waals surface area contributed by atoms with Gasteiger partial charge in [-0.15, -0.1) is 0 Å². The molecule has 0 aliphatic heterocycles. The third kappa shape index (κ3) is 7.15. The lowest BCUT2D eigenvalue weighted by Gasteiger charge is -2.47. The molecule has 0 aromatic carbocycles. The van der Waals surface area contributed by atoms with Gasteiger partial charge in [0.05, 0.1) is 0 Å². The number of rotatable bonds is 10. The highest BCUT2D eigenvalue weighted by Gasteiger charge is 2.57. The van der Waals surface area contributed by atoms with Crippen LogP contribution < -0.4 is 0 Å². The van der Waals surface area contributed by atoms with E-state index in [0.29, 0.717) is 0 Å². The van der Waals surface area contributed by atoms with Crippen molar-refractivity contribution in [3.63, 3.8) is 0 Å². The van der Waals surface area contributed by atoms with Crippen LogP contribution in [0.4, 0.5) is 0 Å². The number of hydrogen-bond donors (Lipinski definition) is 0. The number of hydrogen-bond acceptors (Lipinski definition) is 11. The highest BCUT2D eigenvalue weighted by Crippen LogP contribution is 2.34. The zero-order chi connectivity index (χ0) is 22.0. The second-order valence-corrected chi connectivity index (χ2v) is 5.99. The van der Waals surface area contributed by atoms with Crippen LogP contribution in [0, 0.1) is 0 Å². The Balaban J connectivity index is 3.52. The minimum atomic E-state index is -1.32.